The standard InChI is InChI=1S/C15H21NO2S/c1-10-5-6-13(19-4)7-14(10)15(17)16-8-11(2)18-12(3)9-16/h5-7,11-12H,8-9H2,1-4H3. The summed E-state index contributed by atoms with van der Waals surface area (Å²) in [4.78, 5) is 15.7. The molecule has 2 unspecified atom stereocenters. The Hall–Kier alpha value is -1.00. The normalized spacial score (nSPS) is 23.5. The Bertz CT molecular complexity index is 465. The second-order valence-corrected chi connectivity index (χ2v) is 6.03. The number of amides is 1. The lowest BCUT2D eigenvalue weighted by molar-refractivity contribution is -0.0586. The Morgan fingerprint density at radius 3 is 2.53 bits per heavy atom. The van der Waals surface area contributed by atoms with E-state index in [1.54, 1.807) is 11.8 Å². The number of rotatable bonds is 2. The molecule has 0 aliphatic carbocycles. The maximum Gasteiger partial charge on any atom is 0.254 e. The van der Waals surface area contributed by atoms with E-state index in [-0.39, 0.29) is 18.1 Å². The van der Waals surface area contributed by atoms with Crippen molar-refractivity contribution in [1.29, 1.82) is 0 Å². The topological polar surface area (TPSA) is 29.5 Å². The molecule has 1 aliphatic rings. The van der Waals surface area contributed by atoms with Crippen LogP contribution in [0.15, 0.2) is 23.1 Å². The van der Waals surface area contributed by atoms with Crippen LogP contribution in [0.3, 0.4) is 0 Å². The molecule has 0 radical (unpaired) electrons. The van der Waals surface area contributed by atoms with Crippen LogP contribution in [0.4, 0.5) is 0 Å². The summed E-state index contributed by atoms with van der Waals surface area (Å²) in [5.41, 5.74) is 1.85. The van der Waals surface area contributed by atoms with E-state index >= 15 is 0 Å². The monoisotopic (exact) mass is 279 g/mol. The van der Waals surface area contributed by atoms with Crippen molar-refractivity contribution in [3.05, 3.63) is 29.3 Å². The number of thioether (sulfide) groups is 1. The van der Waals surface area contributed by atoms with E-state index in [0.717, 1.165) is 16.0 Å². The van der Waals surface area contributed by atoms with Crippen molar-refractivity contribution in [2.75, 3.05) is 19.3 Å². The average Bonchev–Trinajstić information content (AvgIpc) is 2.37. The largest absolute Gasteiger partial charge is 0.372 e. The molecule has 0 saturated carbocycles. The zero-order valence-corrected chi connectivity index (χ0v) is 12.8. The van der Waals surface area contributed by atoms with Crippen molar-refractivity contribution < 1.29 is 9.53 Å². The van der Waals surface area contributed by atoms with E-state index in [2.05, 4.69) is 6.07 Å². The first-order valence-corrected chi connectivity index (χ1v) is 7.83. The van der Waals surface area contributed by atoms with Crippen molar-refractivity contribution >= 4 is 17.7 Å². The number of nitrogens with zero attached hydrogens (tertiary/aromatic N) is 1. The number of hydrogen-bond donors (Lipinski definition) is 0. The summed E-state index contributed by atoms with van der Waals surface area (Å²) in [7, 11) is 0. The van der Waals surface area contributed by atoms with E-state index < -0.39 is 0 Å². The Morgan fingerprint density at radius 1 is 1.32 bits per heavy atom. The summed E-state index contributed by atoms with van der Waals surface area (Å²) in [6.07, 6.45) is 2.24. The number of aryl methyl sites for hydroxylation is 1. The zero-order valence-electron chi connectivity index (χ0n) is 12.0. The SMILES string of the molecule is CSc1ccc(C)c(C(=O)N2CC(C)OC(C)C2)c1. The summed E-state index contributed by atoms with van der Waals surface area (Å²) in [5.74, 6) is 0.121. The van der Waals surface area contributed by atoms with Gasteiger partial charge in [0, 0.05) is 23.5 Å². The first-order chi connectivity index (χ1) is 9.01. The van der Waals surface area contributed by atoms with Gasteiger partial charge in [0.2, 0.25) is 0 Å². The first kappa shape index (κ1) is 14.4. The Kier molecular flexibility index (Phi) is 4.53. The summed E-state index contributed by atoms with van der Waals surface area (Å²) in [5, 5.41) is 0. The molecule has 1 aliphatic heterocycles. The van der Waals surface area contributed by atoms with Gasteiger partial charge in [-0.2, -0.15) is 0 Å². The van der Waals surface area contributed by atoms with Crippen LogP contribution >= 0.6 is 11.8 Å². The summed E-state index contributed by atoms with van der Waals surface area (Å²) < 4.78 is 5.68. The number of carbonyl (C=O) groups excluding carboxylic acids is 1. The molecule has 4 heteroatoms. The van der Waals surface area contributed by atoms with Crippen LogP contribution in [-0.4, -0.2) is 42.4 Å². The highest BCUT2D eigenvalue weighted by Gasteiger charge is 2.27. The second-order valence-electron chi connectivity index (χ2n) is 5.15. The molecular formula is C15H21NO2S. The van der Waals surface area contributed by atoms with Gasteiger partial charge >= 0.3 is 0 Å². The van der Waals surface area contributed by atoms with Gasteiger partial charge in [0.15, 0.2) is 0 Å². The minimum Gasteiger partial charge on any atom is -0.372 e. The molecule has 1 aromatic rings. The lowest BCUT2D eigenvalue weighted by atomic mass is 10.1. The van der Waals surface area contributed by atoms with E-state index in [0.29, 0.717) is 13.1 Å². The Balaban J connectivity index is 2.23. The average molecular weight is 279 g/mol. The maximum absolute atomic E-state index is 12.6. The smallest absolute Gasteiger partial charge is 0.254 e. The van der Waals surface area contributed by atoms with Crippen molar-refractivity contribution in [1.82, 2.24) is 4.90 Å². The van der Waals surface area contributed by atoms with Gasteiger partial charge in [-0.3, -0.25) is 4.79 Å². The van der Waals surface area contributed by atoms with Gasteiger partial charge in [-0.1, -0.05) is 6.07 Å². The minimum absolute atomic E-state index is 0.108. The van der Waals surface area contributed by atoms with E-state index in [1.165, 1.54) is 0 Å². The molecule has 1 saturated heterocycles. The van der Waals surface area contributed by atoms with Gasteiger partial charge in [-0.15, -0.1) is 11.8 Å². The van der Waals surface area contributed by atoms with Crippen molar-refractivity contribution in [2.45, 2.75) is 37.9 Å². The van der Waals surface area contributed by atoms with Crippen molar-refractivity contribution in [3.8, 4) is 0 Å². The highest BCUT2D eigenvalue weighted by Crippen LogP contribution is 2.22. The molecule has 0 bridgehead atoms. The molecule has 0 N–H and O–H groups in total. The third kappa shape index (κ3) is 3.31. The molecule has 104 valence electrons. The number of ether oxygens (including phenoxy) is 1. The molecule has 1 fully saturated rings. The van der Waals surface area contributed by atoms with Gasteiger partial charge in [-0.05, 0) is 44.7 Å². The van der Waals surface area contributed by atoms with Crippen molar-refractivity contribution in [3.63, 3.8) is 0 Å². The number of carbonyl (C=O) groups is 1. The van der Waals surface area contributed by atoms with E-state index in [4.69, 9.17) is 4.74 Å². The number of hydrogen-bond acceptors (Lipinski definition) is 3. The zero-order chi connectivity index (χ0) is 14.0. The van der Waals surface area contributed by atoms with Gasteiger partial charge in [0.05, 0.1) is 12.2 Å². The Labute approximate surface area is 119 Å². The molecule has 1 aromatic carbocycles. The fraction of sp³-hybridized carbons (Fsp3) is 0.533. The molecule has 2 atom stereocenters. The molecule has 0 spiro atoms. The summed E-state index contributed by atoms with van der Waals surface area (Å²) >= 11 is 1.66. The number of morpholine rings is 1. The van der Waals surface area contributed by atoms with Gasteiger partial charge in [-0.25, -0.2) is 0 Å². The van der Waals surface area contributed by atoms with Crippen LogP contribution in [0.1, 0.15) is 29.8 Å². The van der Waals surface area contributed by atoms with Gasteiger partial charge in [0.1, 0.15) is 0 Å². The molecule has 2 rings (SSSR count). The molecule has 1 heterocycles. The molecule has 19 heavy (non-hydrogen) atoms. The second kappa shape index (κ2) is 5.97. The van der Waals surface area contributed by atoms with Crippen LogP contribution in [0.5, 0.6) is 0 Å². The van der Waals surface area contributed by atoms with Crippen LogP contribution in [0.2, 0.25) is 0 Å². The van der Waals surface area contributed by atoms with Crippen LogP contribution < -0.4 is 0 Å². The third-order valence-electron chi connectivity index (χ3n) is 3.38. The van der Waals surface area contributed by atoms with Gasteiger partial charge < -0.3 is 9.64 Å². The molecule has 0 aromatic heterocycles. The molecule has 3 nitrogen and oxygen atoms in total. The van der Waals surface area contributed by atoms with Gasteiger partial charge in [0.25, 0.3) is 5.91 Å². The Morgan fingerprint density at radius 2 is 1.95 bits per heavy atom. The predicted octanol–water partition coefficient (Wildman–Crippen LogP) is 2.97. The highest BCUT2D eigenvalue weighted by molar-refractivity contribution is 7.98. The van der Waals surface area contributed by atoms with Crippen molar-refractivity contribution in [2.24, 2.45) is 0 Å². The molecular weight excluding hydrogens is 258 g/mol. The predicted molar refractivity (Wildman–Crippen MR) is 78.9 cm³/mol. The quantitative estimate of drug-likeness (QED) is 0.780. The third-order valence-corrected chi connectivity index (χ3v) is 4.11. The summed E-state index contributed by atoms with van der Waals surface area (Å²) in [6.45, 7) is 7.37. The lowest BCUT2D eigenvalue weighted by Gasteiger charge is -2.35. The highest BCUT2D eigenvalue weighted by atomic mass is 32.2. The lowest BCUT2D eigenvalue weighted by Crippen LogP contribution is -2.48. The fourth-order valence-electron chi connectivity index (χ4n) is 2.47. The minimum atomic E-state index is 0.108. The maximum atomic E-state index is 12.6. The molecule has 1 amide bonds. The number of benzene rings is 1. The van der Waals surface area contributed by atoms with E-state index in [9.17, 15) is 4.79 Å². The summed E-state index contributed by atoms with van der Waals surface area (Å²) in [6, 6.07) is 6.07. The fourth-order valence-corrected chi connectivity index (χ4v) is 2.91. The van der Waals surface area contributed by atoms with E-state index in [1.807, 2.05) is 44.1 Å². The van der Waals surface area contributed by atoms with Crippen LogP contribution in [0, 0.1) is 6.92 Å². The van der Waals surface area contributed by atoms with Crippen LogP contribution in [-0.2, 0) is 4.74 Å². The first-order valence-electron chi connectivity index (χ1n) is 6.60. The van der Waals surface area contributed by atoms with Crippen LogP contribution in [0.25, 0.3) is 0 Å².